The predicted molar refractivity (Wildman–Crippen MR) is 109 cm³/mol. The van der Waals surface area contributed by atoms with Crippen molar-refractivity contribution in [2.45, 2.75) is 26.7 Å². The van der Waals surface area contributed by atoms with Gasteiger partial charge in [0.2, 0.25) is 5.91 Å². The van der Waals surface area contributed by atoms with Crippen molar-refractivity contribution in [2.75, 3.05) is 25.0 Å². The van der Waals surface area contributed by atoms with Gasteiger partial charge < -0.3 is 10.2 Å². The Morgan fingerprint density at radius 3 is 2.54 bits per heavy atom. The second-order valence-electron chi connectivity index (χ2n) is 6.15. The van der Waals surface area contributed by atoms with Crippen LogP contribution in [0.1, 0.15) is 26.7 Å². The van der Waals surface area contributed by atoms with Gasteiger partial charge in [-0.25, -0.2) is 9.97 Å². The number of nitrogens with one attached hydrogen (secondary N) is 1. The number of benzene rings is 1. The Hall–Kier alpha value is -2.47. The molecule has 1 N–H and O–H groups in total. The van der Waals surface area contributed by atoms with Gasteiger partial charge in [-0.2, -0.15) is 0 Å². The Kier molecular flexibility index (Phi) is 6.17. The normalized spacial score (nSPS) is 10.8. The quantitative estimate of drug-likeness (QED) is 0.639. The van der Waals surface area contributed by atoms with E-state index in [-0.39, 0.29) is 12.5 Å². The van der Waals surface area contributed by atoms with E-state index in [0.717, 1.165) is 52.4 Å². The molecular formula is C20H24N4OS. The summed E-state index contributed by atoms with van der Waals surface area (Å²) in [6, 6.07) is 12.3. The zero-order valence-corrected chi connectivity index (χ0v) is 16.1. The van der Waals surface area contributed by atoms with Crippen LogP contribution in [0.2, 0.25) is 0 Å². The fourth-order valence-corrected chi connectivity index (χ4v) is 3.92. The van der Waals surface area contributed by atoms with Crippen LogP contribution >= 0.6 is 11.3 Å². The van der Waals surface area contributed by atoms with Crippen LogP contribution in [0.5, 0.6) is 0 Å². The molecule has 0 spiro atoms. The maximum absolute atomic E-state index is 12.5. The second kappa shape index (κ2) is 8.76. The monoisotopic (exact) mass is 368 g/mol. The molecule has 5 nitrogen and oxygen atoms in total. The van der Waals surface area contributed by atoms with E-state index < -0.39 is 0 Å². The van der Waals surface area contributed by atoms with Crippen molar-refractivity contribution < 1.29 is 4.79 Å². The Balaban J connectivity index is 1.78. The van der Waals surface area contributed by atoms with Gasteiger partial charge in [-0.05, 0) is 24.5 Å². The molecule has 0 aliphatic heterocycles. The summed E-state index contributed by atoms with van der Waals surface area (Å²) in [6.45, 7) is 6.03. The predicted octanol–water partition coefficient (Wildman–Crippen LogP) is 4.42. The number of nitrogens with zero attached hydrogens (tertiary/aromatic N) is 3. The number of rotatable bonds is 8. The summed E-state index contributed by atoms with van der Waals surface area (Å²) in [7, 11) is 0. The summed E-state index contributed by atoms with van der Waals surface area (Å²) < 4.78 is 0. The first kappa shape index (κ1) is 18.3. The molecule has 0 saturated heterocycles. The Morgan fingerprint density at radius 2 is 1.85 bits per heavy atom. The number of hydrogen-bond donors (Lipinski definition) is 1. The van der Waals surface area contributed by atoms with Gasteiger partial charge in [0.1, 0.15) is 17.0 Å². The van der Waals surface area contributed by atoms with Crippen LogP contribution in [0.25, 0.3) is 20.7 Å². The Morgan fingerprint density at radius 1 is 1.12 bits per heavy atom. The van der Waals surface area contributed by atoms with Crippen molar-refractivity contribution >= 4 is 33.3 Å². The minimum absolute atomic E-state index is 0.110. The lowest BCUT2D eigenvalue weighted by Crippen LogP contribution is -2.36. The van der Waals surface area contributed by atoms with Gasteiger partial charge in [0, 0.05) is 18.0 Å². The van der Waals surface area contributed by atoms with Crippen LogP contribution in [0.4, 0.5) is 5.82 Å². The molecule has 26 heavy (non-hydrogen) atoms. The third-order valence-corrected chi connectivity index (χ3v) is 5.23. The number of hydrogen-bond acceptors (Lipinski definition) is 5. The van der Waals surface area contributed by atoms with Crippen molar-refractivity contribution in [3.05, 3.63) is 42.7 Å². The largest absolute Gasteiger partial charge is 0.360 e. The summed E-state index contributed by atoms with van der Waals surface area (Å²) >= 11 is 1.63. The summed E-state index contributed by atoms with van der Waals surface area (Å²) in [5.41, 5.74) is 1.16. The molecule has 0 radical (unpaired) electrons. The average molecular weight is 369 g/mol. The molecule has 3 aromatic rings. The number of carbonyl (C=O) groups is 1. The van der Waals surface area contributed by atoms with E-state index >= 15 is 0 Å². The van der Waals surface area contributed by atoms with Crippen molar-refractivity contribution in [2.24, 2.45) is 0 Å². The lowest BCUT2D eigenvalue weighted by molar-refractivity contribution is -0.129. The highest BCUT2D eigenvalue weighted by molar-refractivity contribution is 7.21. The van der Waals surface area contributed by atoms with Gasteiger partial charge in [-0.1, -0.05) is 44.2 Å². The molecule has 3 rings (SSSR count). The van der Waals surface area contributed by atoms with E-state index in [0.29, 0.717) is 0 Å². The number of carbonyl (C=O) groups excluding carboxylic acids is 1. The number of fused-ring (bicyclic) bond motifs is 1. The maximum atomic E-state index is 12.5. The first-order valence-electron chi connectivity index (χ1n) is 9.04. The molecule has 0 atom stereocenters. The van der Waals surface area contributed by atoms with Crippen LogP contribution in [-0.4, -0.2) is 40.4 Å². The van der Waals surface area contributed by atoms with Crippen molar-refractivity contribution in [3.8, 4) is 10.4 Å². The molecule has 0 unspecified atom stereocenters. The van der Waals surface area contributed by atoms with Crippen LogP contribution in [0, 0.1) is 0 Å². The smallest absolute Gasteiger partial charge is 0.241 e. The molecule has 0 aliphatic carbocycles. The van der Waals surface area contributed by atoms with Gasteiger partial charge in [-0.3, -0.25) is 4.79 Å². The minimum atomic E-state index is 0.110. The van der Waals surface area contributed by atoms with E-state index in [1.165, 1.54) is 0 Å². The van der Waals surface area contributed by atoms with E-state index in [1.54, 1.807) is 17.7 Å². The van der Waals surface area contributed by atoms with Gasteiger partial charge in [0.15, 0.2) is 0 Å². The number of aromatic nitrogens is 2. The van der Waals surface area contributed by atoms with Gasteiger partial charge >= 0.3 is 0 Å². The fraction of sp³-hybridized carbons (Fsp3) is 0.350. The van der Waals surface area contributed by atoms with Crippen LogP contribution < -0.4 is 5.32 Å². The zero-order chi connectivity index (χ0) is 18.4. The second-order valence-corrected chi connectivity index (χ2v) is 7.18. The topological polar surface area (TPSA) is 58.1 Å². The maximum Gasteiger partial charge on any atom is 0.241 e. The number of amides is 1. The van der Waals surface area contributed by atoms with E-state index in [1.807, 2.05) is 23.1 Å². The lowest BCUT2D eigenvalue weighted by Gasteiger charge is -2.21. The summed E-state index contributed by atoms with van der Waals surface area (Å²) in [6.07, 6.45) is 3.49. The van der Waals surface area contributed by atoms with E-state index in [2.05, 4.69) is 47.3 Å². The third kappa shape index (κ3) is 4.19. The summed E-state index contributed by atoms with van der Waals surface area (Å²) in [5.74, 6) is 0.828. The SMILES string of the molecule is CCCN(CCC)C(=O)CNc1ncnc2sc(-c3ccccc3)cc12. The minimum Gasteiger partial charge on any atom is -0.360 e. The number of anilines is 1. The summed E-state index contributed by atoms with van der Waals surface area (Å²) in [4.78, 5) is 25.2. The van der Waals surface area contributed by atoms with Crippen LogP contribution in [-0.2, 0) is 4.79 Å². The molecular weight excluding hydrogens is 344 g/mol. The van der Waals surface area contributed by atoms with Gasteiger partial charge in [0.25, 0.3) is 0 Å². The molecule has 2 aromatic heterocycles. The highest BCUT2D eigenvalue weighted by Crippen LogP contribution is 2.34. The van der Waals surface area contributed by atoms with E-state index in [9.17, 15) is 4.79 Å². The van der Waals surface area contributed by atoms with Gasteiger partial charge in [0.05, 0.1) is 11.9 Å². The van der Waals surface area contributed by atoms with Crippen molar-refractivity contribution in [3.63, 3.8) is 0 Å². The Bertz CT molecular complexity index is 857. The van der Waals surface area contributed by atoms with Crippen LogP contribution in [0.15, 0.2) is 42.7 Å². The lowest BCUT2D eigenvalue weighted by atomic mass is 10.2. The molecule has 0 saturated carbocycles. The van der Waals surface area contributed by atoms with Crippen molar-refractivity contribution in [1.29, 1.82) is 0 Å². The third-order valence-electron chi connectivity index (χ3n) is 4.13. The zero-order valence-electron chi connectivity index (χ0n) is 15.2. The Labute approximate surface area is 158 Å². The summed E-state index contributed by atoms with van der Waals surface area (Å²) in [5, 5.41) is 4.17. The molecule has 1 aromatic carbocycles. The standard InChI is InChI=1S/C20H24N4OS/c1-3-10-24(11-4-2)18(25)13-21-19-16-12-17(15-8-6-5-7-9-15)26-20(16)23-14-22-19/h5-9,12,14H,3-4,10-11,13H2,1-2H3,(H,21,22,23). The highest BCUT2D eigenvalue weighted by atomic mass is 32.1. The molecule has 1 amide bonds. The first-order valence-corrected chi connectivity index (χ1v) is 9.86. The fourth-order valence-electron chi connectivity index (χ4n) is 2.91. The molecule has 0 bridgehead atoms. The molecule has 0 aliphatic rings. The molecule has 2 heterocycles. The molecule has 6 heteroatoms. The van der Waals surface area contributed by atoms with Gasteiger partial charge in [-0.15, -0.1) is 11.3 Å². The van der Waals surface area contributed by atoms with E-state index in [4.69, 9.17) is 0 Å². The first-order chi connectivity index (χ1) is 12.7. The highest BCUT2D eigenvalue weighted by Gasteiger charge is 2.14. The van der Waals surface area contributed by atoms with Crippen molar-refractivity contribution in [1.82, 2.24) is 14.9 Å². The average Bonchev–Trinajstić information content (AvgIpc) is 3.11. The molecule has 136 valence electrons. The van der Waals surface area contributed by atoms with Crippen LogP contribution in [0.3, 0.4) is 0 Å². The number of thiophene rings is 1. The molecule has 0 fully saturated rings.